The highest BCUT2D eigenvalue weighted by atomic mass is 19.2. The number of rotatable bonds is 20. The number of aromatic amines is 4. The molecule has 0 radical (unpaired) electrons. The Morgan fingerprint density at radius 1 is 0.410 bits per heavy atom. The molecule has 2 aliphatic carbocycles. The molecule has 0 bridgehead atoms. The zero-order valence-corrected chi connectivity index (χ0v) is 63.5. The van der Waals surface area contributed by atoms with Gasteiger partial charge < -0.3 is 55.0 Å². The highest BCUT2D eigenvalue weighted by Crippen LogP contribution is 2.38. The predicted octanol–water partition coefficient (Wildman–Crippen LogP) is 16.1. The summed E-state index contributed by atoms with van der Waals surface area (Å²) < 4.78 is 138. The van der Waals surface area contributed by atoms with Crippen molar-refractivity contribution in [1.82, 2.24) is 45.7 Å². The summed E-state index contributed by atoms with van der Waals surface area (Å²) in [5, 5.41) is 50.4. The van der Waals surface area contributed by atoms with E-state index in [1.54, 1.807) is 89.9 Å². The summed E-state index contributed by atoms with van der Waals surface area (Å²) in [4.78, 5) is 62.1. The van der Waals surface area contributed by atoms with E-state index in [0.717, 1.165) is 12.8 Å². The zero-order chi connectivity index (χ0) is 82.8. The van der Waals surface area contributed by atoms with E-state index in [-0.39, 0.29) is 87.1 Å². The molecule has 604 valence electrons. The first-order valence-corrected chi connectivity index (χ1v) is 36.9. The minimum atomic E-state index is -1.40. The Morgan fingerprint density at radius 2 is 0.709 bits per heavy atom. The number of nitrogens with one attached hydrogen (secondary N) is 8. The van der Waals surface area contributed by atoms with Gasteiger partial charge in [-0.25, -0.2) is 35.1 Å². The van der Waals surface area contributed by atoms with Gasteiger partial charge in [0.1, 0.15) is 28.9 Å². The van der Waals surface area contributed by atoms with Crippen molar-refractivity contribution in [1.29, 1.82) is 0 Å². The van der Waals surface area contributed by atoms with Crippen LogP contribution in [0, 0.1) is 64.3 Å². The number of likely N-dealkylation sites (tertiary alicyclic amines) is 1. The number of fused-ring (bicyclic) bond motifs is 4. The fourth-order valence-electron chi connectivity index (χ4n) is 12.8. The molecule has 32 heteroatoms. The van der Waals surface area contributed by atoms with Crippen LogP contribution in [-0.4, -0.2) is 141 Å². The Kier molecular flexibility index (Phi) is 25.0. The Balaban J connectivity index is 0.000000136. The molecule has 4 aliphatic rings. The summed E-state index contributed by atoms with van der Waals surface area (Å²) in [6.07, 6.45) is 17.5. The Labute approximate surface area is 662 Å². The Morgan fingerprint density at radius 3 is 0.974 bits per heavy atom. The van der Waals surface area contributed by atoms with Crippen LogP contribution >= 0.6 is 0 Å². The Bertz CT molecular complexity index is 5900. The lowest BCUT2D eigenvalue weighted by Gasteiger charge is -2.30. The van der Waals surface area contributed by atoms with E-state index in [4.69, 9.17) is 23.7 Å². The van der Waals surface area contributed by atoms with Gasteiger partial charge in [-0.15, -0.1) is 0 Å². The van der Waals surface area contributed by atoms with Crippen molar-refractivity contribution in [3.05, 3.63) is 213 Å². The van der Waals surface area contributed by atoms with Gasteiger partial charge in [0, 0.05) is 84.3 Å². The number of nitrogens with zero attached hydrogens (tertiary/aromatic N) is 5. The van der Waals surface area contributed by atoms with Gasteiger partial charge in [0.2, 0.25) is 23.6 Å². The highest BCUT2D eigenvalue weighted by molar-refractivity contribution is 6.03. The number of aliphatic hydroxyl groups is 1. The average molecular weight is 1610 g/mol. The second-order valence-electron chi connectivity index (χ2n) is 27.9. The van der Waals surface area contributed by atoms with Gasteiger partial charge in [-0.1, -0.05) is 48.6 Å². The summed E-state index contributed by atoms with van der Waals surface area (Å²) in [6, 6.07) is 29.5. The van der Waals surface area contributed by atoms with Crippen molar-refractivity contribution in [2.24, 2.45) is 17.8 Å². The van der Waals surface area contributed by atoms with Crippen LogP contribution in [0.5, 0.6) is 23.0 Å². The molecule has 24 nitrogen and oxygen atoms in total. The fourth-order valence-corrected chi connectivity index (χ4v) is 12.8. The number of piperidine rings is 1. The molecule has 6 heterocycles. The minimum Gasteiger partial charge on any atom is -0.494 e. The first-order valence-electron chi connectivity index (χ1n) is 36.9. The maximum atomic E-state index is 14.6. The third-order valence-electron chi connectivity index (χ3n) is 19.9. The molecule has 4 aromatic heterocycles. The molecule has 4 fully saturated rings. The fraction of sp³-hybridized carbons (Fsp3) is 0.235. The molecule has 2 aliphatic heterocycles. The number of carbonyl (C=O) groups is 5. The van der Waals surface area contributed by atoms with Crippen LogP contribution in [0.25, 0.3) is 92.2 Å². The summed E-state index contributed by atoms with van der Waals surface area (Å²) >= 11 is 0. The number of carbonyl (C=O) groups excluding carboxylic acids is 5. The standard InChI is InChI=1S/C24H24F2N4O3.C21H19F2N3O3.C20H17F2N3O3.C20H17F2N3O2/c1-14(31)30-9-7-16(8-10-30)24(32)27-22-12-17-20(28-29-21(17)13-18(22)25)5-3-15-4-6-23(33-2)19(26)11-15;1-28-20-5-3-12(8-16(20)23)2-4-17-14-9-19(15(22)10-18(14)26-25-17)24-21(27)13-6-7-29-11-13;1-28-18-5-3-11(8-14(18)22)2-4-15-12-9-17(13(21)10-16(12)25-24-15)23-19(26)20(27)6-7-20;1-27-19-7-3-11(8-15(19)22)2-6-16-13-9-18(23-20(26)12-4-5-12)14(21)10-17(13)25-24-16/h3-6,11-13,16H,7-10H2,1-2H3,(H,27,32)(H,28,29);2-5,8-10,13H,6-7,11H2,1H3,(H,24,27)(H,25,26);2-5,8-10,27H,6-7H2,1H3,(H,23,26)(H,24,25);2-3,6-10,12H,4-5H2,1H3,(H,23,26)(H,24,25)/b5-3+;2*4-2+;6-2+. The summed E-state index contributed by atoms with van der Waals surface area (Å²) in [5.41, 5.74) is 5.33. The maximum absolute atomic E-state index is 14.6. The van der Waals surface area contributed by atoms with Crippen molar-refractivity contribution < 1.29 is 87.9 Å². The van der Waals surface area contributed by atoms with Crippen LogP contribution in [0.4, 0.5) is 57.9 Å². The van der Waals surface area contributed by atoms with Crippen molar-refractivity contribution in [3.8, 4) is 23.0 Å². The van der Waals surface area contributed by atoms with Crippen LogP contribution in [0.3, 0.4) is 0 Å². The smallest absolute Gasteiger partial charge is 0.256 e. The van der Waals surface area contributed by atoms with Crippen molar-refractivity contribution in [3.63, 3.8) is 0 Å². The van der Waals surface area contributed by atoms with Crippen LogP contribution < -0.4 is 40.2 Å². The van der Waals surface area contributed by atoms with Crippen LogP contribution in [0.1, 0.15) is 96.9 Å². The van der Waals surface area contributed by atoms with Gasteiger partial charge >= 0.3 is 0 Å². The number of hydrogen-bond acceptors (Lipinski definition) is 15. The number of ether oxygens (including phenoxy) is 5. The number of amides is 5. The topological polar surface area (TPSA) is 318 Å². The number of halogens is 8. The summed E-state index contributed by atoms with van der Waals surface area (Å²) in [7, 11) is 5.59. The number of hydrogen-bond donors (Lipinski definition) is 9. The average Bonchev–Trinajstić information content (AvgIpc) is 1.70. The lowest BCUT2D eigenvalue weighted by Crippen LogP contribution is -2.40. The molecule has 0 spiro atoms. The first kappa shape index (κ1) is 81.5. The third kappa shape index (κ3) is 19.7. The number of benzene rings is 8. The van der Waals surface area contributed by atoms with Gasteiger partial charge in [-0.2, -0.15) is 20.4 Å². The van der Waals surface area contributed by atoms with Crippen molar-refractivity contribution >= 4 is 145 Å². The van der Waals surface area contributed by atoms with E-state index < -0.39 is 58.0 Å². The van der Waals surface area contributed by atoms with E-state index in [9.17, 15) is 64.2 Å². The molecule has 5 amide bonds. The molecule has 1 atom stereocenters. The minimum absolute atomic E-state index is 0.0109. The van der Waals surface area contributed by atoms with Crippen molar-refractivity contribution in [2.45, 2.75) is 57.5 Å². The quantitative estimate of drug-likeness (QED) is 0.0320. The SMILES string of the molecule is COc1ccc(/C=C/c2n[nH]c3cc(F)c(NC(=O)C4(O)CC4)cc23)cc1F.COc1ccc(/C=C/c2n[nH]c3cc(F)c(NC(=O)C4CC4)cc23)cc1F.COc1ccc(/C=C/c2n[nH]c3cc(F)c(NC(=O)C4CCN(C(C)=O)CC4)cc23)cc1F.COc1ccc(/C=C/c2n[nH]c3cc(F)c(NC(=O)C4CCOC4)cc23)cc1F. The number of methoxy groups -OCH3 is 4. The molecule has 2 saturated heterocycles. The Hall–Kier alpha value is -13.5. The third-order valence-corrected chi connectivity index (χ3v) is 19.9. The van der Waals surface area contributed by atoms with E-state index in [0.29, 0.717) is 147 Å². The van der Waals surface area contributed by atoms with E-state index in [1.165, 1.54) is 120 Å². The molecule has 1 unspecified atom stereocenters. The van der Waals surface area contributed by atoms with Crippen LogP contribution in [-0.2, 0) is 28.7 Å². The number of H-pyrrole nitrogens is 4. The van der Waals surface area contributed by atoms with E-state index >= 15 is 0 Å². The first-order chi connectivity index (χ1) is 56.3. The van der Waals surface area contributed by atoms with Gasteiger partial charge in [0.25, 0.3) is 5.91 Å². The molecule has 12 aromatic rings. The second-order valence-corrected chi connectivity index (χ2v) is 27.9. The zero-order valence-electron chi connectivity index (χ0n) is 63.5. The largest absolute Gasteiger partial charge is 0.494 e. The monoisotopic (exact) mass is 1610 g/mol. The second kappa shape index (κ2) is 35.9. The van der Waals surface area contributed by atoms with Gasteiger partial charge in [0.15, 0.2) is 46.3 Å². The van der Waals surface area contributed by atoms with E-state index in [1.807, 2.05) is 0 Å². The highest BCUT2D eigenvalue weighted by Gasteiger charge is 2.48. The van der Waals surface area contributed by atoms with Crippen molar-refractivity contribution in [2.75, 3.05) is 76.0 Å². The van der Waals surface area contributed by atoms with Gasteiger partial charge in [-0.05, 0) is 164 Å². The molecule has 16 rings (SSSR count). The number of anilines is 4. The molecular weight excluding hydrogens is 1530 g/mol. The summed E-state index contributed by atoms with van der Waals surface area (Å²) in [5.74, 6) is -5.47. The molecule has 2 saturated carbocycles. The maximum Gasteiger partial charge on any atom is 0.256 e. The lowest BCUT2D eigenvalue weighted by molar-refractivity contribution is -0.132. The predicted molar refractivity (Wildman–Crippen MR) is 427 cm³/mol. The molecule has 8 aromatic carbocycles. The molecule has 9 N–H and O–H groups in total. The molecular formula is C85H77F8N13O11. The lowest BCUT2D eigenvalue weighted by atomic mass is 9.95. The summed E-state index contributed by atoms with van der Waals surface area (Å²) in [6.45, 7) is 3.40. The normalized spacial score (nSPS) is 15.1. The van der Waals surface area contributed by atoms with E-state index in [2.05, 4.69) is 62.1 Å². The van der Waals surface area contributed by atoms with Gasteiger partial charge in [0.05, 0.1) is 109 Å². The molecule has 117 heavy (non-hydrogen) atoms. The number of aromatic nitrogens is 8. The van der Waals surface area contributed by atoms with Gasteiger partial charge in [-0.3, -0.25) is 44.4 Å². The van der Waals surface area contributed by atoms with Crippen LogP contribution in [0.15, 0.2) is 121 Å². The van der Waals surface area contributed by atoms with Crippen LogP contribution in [0.2, 0.25) is 0 Å².